The quantitative estimate of drug-likeness (QED) is 0.702. The predicted octanol–water partition coefficient (Wildman–Crippen LogP) is 2.12. The van der Waals surface area contributed by atoms with Gasteiger partial charge in [0, 0.05) is 4.47 Å². The van der Waals surface area contributed by atoms with E-state index in [-0.39, 0.29) is 0 Å². The second-order valence-electron chi connectivity index (χ2n) is 1.92. The summed E-state index contributed by atoms with van der Waals surface area (Å²) in [5.41, 5.74) is 3.08. The van der Waals surface area contributed by atoms with E-state index in [0.717, 1.165) is 0 Å². The standard InChI is InChI=1S/C7H5BrN2O/c8-7-3-6(10-11)2-1-5(7)4-9/h1-3,10-11H. The molecular formula is C7H5BrN2O. The Morgan fingerprint density at radius 1 is 1.55 bits per heavy atom. The van der Waals surface area contributed by atoms with Gasteiger partial charge in [0.05, 0.1) is 11.3 Å². The first-order valence-electron chi connectivity index (χ1n) is 2.87. The summed E-state index contributed by atoms with van der Waals surface area (Å²) in [4.78, 5) is 0. The smallest absolute Gasteiger partial charge is 0.100 e. The van der Waals surface area contributed by atoms with Crippen LogP contribution in [0, 0.1) is 11.3 Å². The van der Waals surface area contributed by atoms with Crippen molar-refractivity contribution in [2.45, 2.75) is 0 Å². The summed E-state index contributed by atoms with van der Waals surface area (Å²) in [5.74, 6) is 0. The molecule has 11 heavy (non-hydrogen) atoms. The molecule has 0 unspecified atom stereocenters. The molecule has 0 atom stereocenters. The largest absolute Gasteiger partial charge is 0.291 e. The first-order valence-corrected chi connectivity index (χ1v) is 3.67. The zero-order valence-electron chi connectivity index (χ0n) is 5.50. The van der Waals surface area contributed by atoms with Crippen molar-refractivity contribution >= 4 is 21.6 Å². The molecule has 0 bridgehead atoms. The van der Waals surface area contributed by atoms with E-state index in [1.54, 1.807) is 18.2 Å². The fraction of sp³-hybridized carbons (Fsp3) is 0. The monoisotopic (exact) mass is 212 g/mol. The molecule has 0 amide bonds. The van der Waals surface area contributed by atoms with Crippen LogP contribution >= 0.6 is 15.9 Å². The predicted molar refractivity (Wildman–Crippen MR) is 44.3 cm³/mol. The Morgan fingerprint density at radius 3 is 2.73 bits per heavy atom. The lowest BCUT2D eigenvalue weighted by Crippen LogP contribution is -1.89. The number of hydrogen-bond acceptors (Lipinski definition) is 3. The van der Waals surface area contributed by atoms with Crippen LogP contribution in [-0.4, -0.2) is 5.21 Å². The van der Waals surface area contributed by atoms with Crippen LogP contribution < -0.4 is 5.48 Å². The number of anilines is 1. The maximum Gasteiger partial charge on any atom is 0.100 e. The van der Waals surface area contributed by atoms with E-state index >= 15 is 0 Å². The van der Waals surface area contributed by atoms with Crippen LogP contribution in [0.5, 0.6) is 0 Å². The summed E-state index contributed by atoms with van der Waals surface area (Å²) in [5, 5.41) is 17.0. The number of nitrogens with one attached hydrogen (secondary N) is 1. The van der Waals surface area contributed by atoms with Crippen LogP contribution in [0.25, 0.3) is 0 Å². The van der Waals surface area contributed by atoms with Gasteiger partial charge in [-0.2, -0.15) is 5.26 Å². The molecule has 0 saturated carbocycles. The van der Waals surface area contributed by atoms with Crippen molar-refractivity contribution in [2.75, 3.05) is 5.48 Å². The van der Waals surface area contributed by atoms with E-state index in [0.29, 0.717) is 15.7 Å². The maximum atomic E-state index is 8.52. The number of benzene rings is 1. The minimum Gasteiger partial charge on any atom is -0.291 e. The van der Waals surface area contributed by atoms with E-state index in [2.05, 4.69) is 15.9 Å². The molecule has 56 valence electrons. The molecular weight excluding hydrogens is 208 g/mol. The molecule has 0 aliphatic carbocycles. The van der Waals surface area contributed by atoms with E-state index in [1.807, 2.05) is 11.5 Å². The van der Waals surface area contributed by atoms with Crippen molar-refractivity contribution in [3.63, 3.8) is 0 Å². The third-order valence-electron chi connectivity index (χ3n) is 1.22. The van der Waals surface area contributed by atoms with Gasteiger partial charge in [0.1, 0.15) is 6.07 Å². The Hall–Kier alpha value is -1.05. The molecule has 0 saturated heterocycles. The normalized spacial score (nSPS) is 8.82. The van der Waals surface area contributed by atoms with Gasteiger partial charge in [-0.25, -0.2) is 0 Å². The van der Waals surface area contributed by atoms with Crippen molar-refractivity contribution in [3.05, 3.63) is 28.2 Å². The maximum absolute atomic E-state index is 8.52. The van der Waals surface area contributed by atoms with Gasteiger partial charge in [-0.05, 0) is 34.1 Å². The number of nitrogens with zero attached hydrogens (tertiary/aromatic N) is 1. The van der Waals surface area contributed by atoms with Crippen molar-refractivity contribution in [1.29, 1.82) is 5.26 Å². The molecule has 0 fully saturated rings. The van der Waals surface area contributed by atoms with Crippen LogP contribution in [0.2, 0.25) is 0 Å². The van der Waals surface area contributed by atoms with E-state index < -0.39 is 0 Å². The zero-order valence-corrected chi connectivity index (χ0v) is 7.09. The summed E-state index contributed by atoms with van der Waals surface area (Å²) in [6.07, 6.45) is 0. The molecule has 1 aromatic carbocycles. The molecule has 2 N–H and O–H groups in total. The SMILES string of the molecule is N#Cc1ccc(NO)cc1Br. The van der Waals surface area contributed by atoms with Crippen LogP contribution in [0.4, 0.5) is 5.69 Å². The molecule has 0 aliphatic rings. The van der Waals surface area contributed by atoms with Crippen LogP contribution in [0.3, 0.4) is 0 Å². The highest BCUT2D eigenvalue weighted by Gasteiger charge is 1.98. The molecule has 0 radical (unpaired) electrons. The first kappa shape index (κ1) is 8.05. The average molecular weight is 213 g/mol. The van der Waals surface area contributed by atoms with Crippen LogP contribution in [-0.2, 0) is 0 Å². The van der Waals surface area contributed by atoms with Gasteiger partial charge in [-0.1, -0.05) is 0 Å². The fourth-order valence-corrected chi connectivity index (χ4v) is 1.14. The first-order chi connectivity index (χ1) is 5.27. The van der Waals surface area contributed by atoms with Gasteiger partial charge in [-0.15, -0.1) is 0 Å². The highest BCUT2D eigenvalue weighted by atomic mass is 79.9. The highest BCUT2D eigenvalue weighted by molar-refractivity contribution is 9.10. The van der Waals surface area contributed by atoms with Crippen LogP contribution in [0.15, 0.2) is 22.7 Å². The molecule has 0 heterocycles. The summed E-state index contributed by atoms with van der Waals surface area (Å²) < 4.78 is 0.666. The highest BCUT2D eigenvalue weighted by Crippen LogP contribution is 2.19. The lowest BCUT2D eigenvalue weighted by atomic mass is 10.2. The summed E-state index contributed by atoms with van der Waals surface area (Å²) in [6, 6.07) is 6.84. The number of hydrogen-bond donors (Lipinski definition) is 2. The second kappa shape index (κ2) is 3.37. The van der Waals surface area contributed by atoms with Crippen molar-refractivity contribution in [1.82, 2.24) is 0 Å². The van der Waals surface area contributed by atoms with E-state index in [4.69, 9.17) is 10.5 Å². The molecule has 1 aromatic rings. The van der Waals surface area contributed by atoms with E-state index in [9.17, 15) is 0 Å². The minimum absolute atomic E-state index is 0.545. The minimum atomic E-state index is 0.545. The van der Waals surface area contributed by atoms with Crippen molar-refractivity contribution in [2.24, 2.45) is 0 Å². The lowest BCUT2D eigenvalue weighted by molar-refractivity contribution is 0.389. The Balaban J connectivity index is 3.12. The molecule has 4 heteroatoms. The lowest BCUT2D eigenvalue weighted by Gasteiger charge is -1.99. The second-order valence-corrected chi connectivity index (χ2v) is 2.77. The summed E-state index contributed by atoms with van der Waals surface area (Å²) >= 11 is 3.17. The third-order valence-corrected chi connectivity index (χ3v) is 1.87. The van der Waals surface area contributed by atoms with Crippen molar-refractivity contribution < 1.29 is 5.21 Å². The van der Waals surface area contributed by atoms with Crippen LogP contribution in [0.1, 0.15) is 5.56 Å². The van der Waals surface area contributed by atoms with E-state index in [1.165, 1.54) is 0 Å². The Kier molecular flexibility index (Phi) is 2.47. The Morgan fingerprint density at radius 2 is 2.27 bits per heavy atom. The van der Waals surface area contributed by atoms with Gasteiger partial charge in [0.25, 0.3) is 0 Å². The third kappa shape index (κ3) is 1.70. The van der Waals surface area contributed by atoms with Gasteiger partial charge in [0.2, 0.25) is 0 Å². The number of rotatable bonds is 1. The van der Waals surface area contributed by atoms with Gasteiger partial charge >= 0.3 is 0 Å². The molecule has 3 nitrogen and oxygen atoms in total. The van der Waals surface area contributed by atoms with Gasteiger partial charge < -0.3 is 0 Å². The zero-order chi connectivity index (χ0) is 8.27. The summed E-state index contributed by atoms with van der Waals surface area (Å²) in [6.45, 7) is 0. The summed E-state index contributed by atoms with van der Waals surface area (Å²) in [7, 11) is 0. The number of halogens is 1. The molecule has 0 aromatic heterocycles. The average Bonchev–Trinajstić information content (AvgIpc) is 2.04. The molecule has 0 aliphatic heterocycles. The van der Waals surface area contributed by atoms with Gasteiger partial charge in [-0.3, -0.25) is 10.7 Å². The van der Waals surface area contributed by atoms with Gasteiger partial charge in [0.15, 0.2) is 0 Å². The Bertz CT molecular complexity index is 306. The fourth-order valence-electron chi connectivity index (χ4n) is 0.675. The molecule has 1 rings (SSSR count). The molecule has 0 spiro atoms. The topological polar surface area (TPSA) is 56.0 Å². The number of nitriles is 1. The van der Waals surface area contributed by atoms with Crippen molar-refractivity contribution in [3.8, 4) is 6.07 Å². The Labute approximate surface area is 72.4 Å².